The second kappa shape index (κ2) is 5.69. The van der Waals surface area contributed by atoms with E-state index in [0.717, 1.165) is 9.84 Å². The molecule has 0 atom stereocenters. The first-order valence-electron chi connectivity index (χ1n) is 6.59. The van der Waals surface area contributed by atoms with Gasteiger partial charge in [-0.1, -0.05) is 0 Å². The van der Waals surface area contributed by atoms with Crippen LogP contribution in [-0.2, 0) is 0 Å². The van der Waals surface area contributed by atoms with Crippen molar-refractivity contribution in [2.45, 2.75) is 6.92 Å². The van der Waals surface area contributed by atoms with Crippen molar-refractivity contribution >= 4 is 27.9 Å². The molecule has 3 rings (SSSR count). The standard InChI is InChI=1S/C15H15N3O3S/c1-9-7-18-8-11(17-15(18)22-9)14(19)16-10-4-5-12(20-2)13(6-10)21-3/h4-8H,1-3H3,(H,16,19). The molecule has 3 aromatic rings. The number of methoxy groups -OCH3 is 2. The van der Waals surface area contributed by atoms with Gasteiger partial charge in [0.15, 0.2) is 16.5 Å². The molecule has 0 saturated heterocycles. The van der Waals surface area contributed by atoms with Crippen molar-refractivity contribution in [1.29, 1.82) is 0 Å². The summed E-state index contributed by atoms with van der Waals surface area (Å²) in [5.74, 6) is 0.904. The number of aromatic nitrogens is 2. The van der Waals surface area contributed by atoms with Crippen LogP contribution in [0.3, 0.4) is 0 Å². The number of anilines is 1. The summed E-state index contributed by atoms with van der Waals surface area (Å²) in [4.78, 5) is 18.5. The average Bonchev–Trinajstić information content (AvgIpc) is 3.04. The van der Waals surface area contributed by atoms with E-state index < -0.39 is 0 Å². The van der Waals surface area contributed by atoms with Gasteiger partial charge in [-0.05, 0) is 19.1 Å². The zero-order chi connectivity index (χ0) is 15.7. The van der Waals surface area contributed by atoms with Crippen LogP contribution >= 0.6 is 11.3 Å². The smallest absolute Gasteiger partial charge is 0.275 e. The fourth-order valence-electron chi connectivity index (χ4n) is 2.13. The Morgan fingerprint density at radius 2 is 2.00 bits per heavy atom. The highest BCUT2D eigenvalue weighted by molar-refractivity contribution is 7.17. The number of aryl methyl sites for hydroxylation is 1. The van der Waals surface area contributed by atoms with Gasteiger partial charge in [0.05, 0.1) is 14.2 Å². The minimum absolute atomic E-state index is 0.263. The van der Waals surface area contributed by atoms with Crippen molar-refractivity contribution in [2.75, 3.05) is 19.5 Å². The van der Waals surface area contributed by atoms with E-state index >= 15 is 0 Å². The Morgan fingerprint density at radius 1 is 1.23 bits per heavy atom. The predicted octanol–water partition coefficient (Wildman–Crippen LogP) is 2.97. The normalized spacial score (nSPS) is 10.7. The third kappa shape index (κ3) is 2.62. The lowest BCUT2D eigenvalue weighted by Crippen LogP contribution is -2.12. The fraction of sp³-hybridized carbons (Fsp3) is 0.200. The average molecular weight is 317 g/mol. The maximum Gasteiger partial charge on any atom is 0.275 e. The molecular formula is C15H15N3O3S. The van der Waals surface area contributed by atoms with Crippen molar-refractivity contribution < 1.29 is 14.3 Å². The summed E-state index contributed by atoms with van der Waals surface area (Å²) in [5.41, 5.74) is 0.997. The van der Waals surface area contributed by atoms with Gasteiger partial charge in [-0.2, -0.15) is 0 Å². The summed E-state index contributed by atoms with van der Waals surface area (Å²) in [5, 5.41) is 2.80. The van der Waals surface area contributed by atoms with Crippen LogP contribution in [-0.4, -0.2) is 29.5 Å². The van der Waals surface area contributed by atoms with Crippen LogP contribution in [0.25, 0.3) is 4.96 Å². The summed E-state index contributed by atoms with van der Waals surface area (Å²) >= 11 is 1.54. The molecule has 1 aromatic carbocycles. The number of hydrogen-bond acceptors (Lipinski definition) is 5. The third-order valence-electron chi connectivity index (χ3n) is 3.15. The minimum Gasteiger partial charge on any atom is -0.493 e. The van der Waals surface area contributed by atoms with Crippen LogP contribution in [0.2, 0.25) is 0 Å². The summed E-state index contributed by atoms with van der Waals surface area (Å²) in [6.07, 6.45) is 3.66. The number of nitrogens with one attached hydrogen (secondary N) is 1. The molecule has 0 fully saturated rings. The molecule has 0 aliphatic rings. The van der Waals surface area contributed by atoms with E-state index in [-0.39, 0.29) is 5.91 Å². The number of carbonyl (C=O) groups excluding carboxylic acids is 1. The van der Waals surface area contributed by atoms with Gasteiger partial charge < -0.3 is 14.8 Å². The molecule has 0 aliphatic heterocycles. The van der Waals surface area contributed by atoms with E-state index in [1.165, 1.54) is 0 Å². The van der Waals surface area contributed by atoms with E-state index in [1.54, 1.807) is 50.0 Å². The van der Waals surface area contributed by atoms with Crippen LogP contribution < -0.4 is 14.8 Å². The number of imidazole rings is 1. The van der Waals surface area contributed by atoms with E-state index in [4.69, 9.17) is 9.47 Å². The lowest BCUT2D eigenvalue weighted by molar-refractivity contribution is 0.102. The number of rotatable bonds is 4. The van der Waals surface area contributed by atoms with Crippen molar-refractivity contribution in [3.8, 4) is 11.5 Å². The van der Waals surface area contributed by atoms with Crippen molar-refractivity contribution in [3.63, 3.8) is 0 Å². The number of fused-ring (bicyclic) bond motifs is 1. The molecule has 22 heavy (non-hydrogen) atoms. The summed E-state index contributed by atoms with van der Waals surface area (Å²) in [6.45, 7) is 2.00. The zero-order valence-electron chi connectivity index (χ0n) is 12.4. The van der Waals surface area contributed by atoms with Gasteiger partial charge in [0.25, 0.3) is 5.91 Å². The molecule has 6 nitrogen and oxygen atoms in total. The predicted molar refractivity (Wildman–Crippen MR) is 85.3 cm³/mol. The summed E-state index contributed by atoms with van der Waals surface area (Å²) in [6, 6.07) is 5.20. The van der Waals surface area contributed by atoms with Crippen LogP contribution in [0.4, 0.5) is 5.69 Å². The van der Waals surface area contributed by atoms with Crippen LogP contribution in [0.15, 0.2) is 30.6 Å². The first-order valence-corrected chi connectivity index (χ1v) is 7.41. The molecule has 0 spiro atoms. The first-order chi connectivity index (χ1) is 10.6. The van der Waals surface area contributed by atoms with Gasteiger partial charge >= 0.3 is 0 Å². The van der Waals surface area contributed by atoms with Crippen LogP contribution in [0.5, 0.6) is 11.5 Å². The van der Waals surface area contributed by atoms with Crippen LogP contribution in [0.1, 0.15) is 15.4 Å². The van der Waals surface area contributed by atoms with Gasteiger partial charge in [0.2, 0.25) is 0 Å². The number of hydrogen-bond donors (Lipinski definition) is 1. The highest BCUT2D eigenvalue weighted by atomic mass is 32.1. The molecule has 0 bridgehead atoms. The van der Waals surface area contributed by atoms with Crippen LogP contribution in [0, 0.1) is 6.92 Å². The lowest BCUT2D eigenvalue weighted by atomic mass is 10.2. The van der Waals surface area contributed by atoms with Gasteiger partial charge in [-0.25, -0.2) is 4.98 Å². The van der Waals surface area contributed by atoms with Gasteiger partial charge in [-0.15, -0.1) is 11.3 Å². The minimum atomic E-state index is -0.263. The Bertz CT molecular complexity index is 806. The van der Waals surface area contributed by atoms with E-state index in [0.29, 0.717) is 22.9 Å². The Labute approximate surface area is 131 Å². The fourth-order valence-corrected chi connectivity index (χ4v) is 2.94. The van der Waals surface area contributed by atoms with Gasteiger partial charge in [0, 0.05) is 29.0 Å². The summed E-state index contributed by atoms with van der Waals surface area (Å²) < 4.78 is 12.2. The maximum absolute atomic E-state index is 12.3. The molecule has 1 amide bonds. The highest BCUT2D eigenvalue weighted by Gasteiger charge is 2.13. The molecule has 2 aromatic heterocycles. The molecule has 7 heteroatoms. The molecule has 2 heterocycles. The molecule has 1 N–H and O–H groups in total. The van der Waals surface area contributed by atoms with E-state index in [2.05, 4.69) is 10.3 Å². The number of thiazole rings is 1. The van der Waals surface area contributed by atoms with Crippen molar-refractivity contribution in [3.05, 3.63) is 41.2 Å². The third-order valence-corrected chi connectivity index (χ3v) is 4.06. The monoisotopic (exact) mass is 317 g/mol. The Kier molecular flexibility index (Phi) is 3.72. The first kappa shape index (κ1) is 14.4. The van der Waals surface area contributed by atoms with Gasteiger partial charge in [-0.3, -0.25) is 9.20 Å². The van der Waals surface area contributed by atoms with Gasteiger partial charge in [0.1, 0.15) is 5.69 Å². The Morgan fingerprint density at radius 3 is 2.68 bits per heavy atom. The lowest BCUT2D eigenvalue weighted by Gasteiger charge is -2.09. The second-order valence-corrected chi connectivity index (χ2v) is 5.89. The number of ether oxygens (including phenoxy) is 2. The Hall–Kier alpha value is -2.54. The SMILES string of the molecule is COc1ccc(NC(=O)c2cn3cc(C)sc3n2)cc1OC. The second-order valence-electron chi connectivity index (χ2n) is 4.68. The van der Waals surface area contributed by atoms with Crippen molar-refractivity contribution in [1.82, 2.24) is 9.38 Å². The summed E-state index contributed by atoms with van der Waals surface area (Å²) in [7, 11) is 3.12. The molecule has 114 valence electrons. The molecule has 0 unspecified atom stereocenters. The van der Waals surface area contributed by atoms with Crippen molar-refractivity contribution in [2.24, 2.45) is 0 Å². The number of benzene rings is 1. The molecule has 0 aliphatic carbocycles. The quantitative estimate of drug-likeness (QED) is 0.803. The van der Waals surface area contributed by atoms with E-state index in [1.807, 2.05) is 17.5 Å². The number of carbonyl (C=O) groups is 1. The number of amides is 1. The maximum atomic E-state index is 12.3. The molecule has 0 radical (unpaired) electrons. The topological polar surface area (TPSA) is 64.9 Å². The largest absolute Gasteiger partial charge is 0.493 e. The molecule has 0 saturated carbocycles. The Balaban J connectivity index is 1.82. The molecular weight excluding hydrogens is 302 g/mol. The zero-order valence-corrected chi connectivity index (χ0v) is 13.2. The van der Waals surface area contributed by atoms with E-state index in [9.17, 15) is 4.79 Å². The highest BCUT2D eigenvalue weighted by Crippen LogP contribution is 2.30. The number of nitrogens with zero attached hydrogens (tertiary/aromatic N) is 2.